The van der Waals surface area contributed by atoms with Gasteiger partial charge in [0.05, 0.1) is 7.45 Å². The first-order valence-electron chi connectivity index (χ1n) is 12.1. The summed E-state index contributed by atoms with van der Waals surface area (Å²) in [6.07, 6.45) is -7.04. The van der Waals surface area contributed by atoms with E-state index in [4.69, 9.17) is 6.85 Å². The topological polar surface area (TPSA) is 94.8 Å². The average molecular weight is 370 g/mol. The van der Waals surface area contributed by atoms with Crippen molar-refractivity contribution in [3.8, 4) is 0 Å². The maximum absolute atomic E-state index is 13.6. The van der Waals surface area contributed by atoms with E-state index in [2.05, 4.69) is 0 Å². The van der Waals surface area contributed by atoms with Crippen LogP contribution < -0.4 is 0 Å². The molecule has 5 nitrogen and oxygen atoms in total. The molecule has 8 atom stereocenters. The van der Waals surface area contributed by atoms with Crippen LogP contribution in [0, 0.1) is 34.5 Å². The lowest BCUT2D eigenvalue weighted by atomic mass is 9.44. The lowest BCUT2D eigenvalue weighted by molar-refractivity contribution is -0.180. The number of rotatable bonds is 2. The van der Waals surface area contributed by atoms with Crippen molar-refractivity contribution in [3.63, 3.8) is 0 Å². The van der Waals surface area contributed by atoms with E-state index in [-0.39, 0.29) is 43.3 Å². The van der Waals surface area contributed by atoms with Crippen LogP contribution in [0.25, 0.3) is 0 Å². The first kappa shape index (κ1) is 13.4. The van der Waals surface area contributed by atoms with Crippen LogP contribution in [0.1, 0.15) is 72.0 Å². The molecule has 0 heterocycles. The highest BCUT2D eigenvalue weighted by molar-refractivity contribution is 5.92. The Morgan fingerprint density at radius 1 is 1.31 bits per heavy atom. The third-order valence-electron chi connectivity index (χ3n) is 8.26. The molecular weight excluding hydrogens is 332 g/mol. The molecular formula is C21H32O5. The molecule has 0 saturated heterocycles. The lowest BCUT2D eigenvalue weighted by Crippen LogP contribution is -2.62. The molecule has 0 spiro atoms. The summed E-state index contributed by atoms with van der Waals surface area (Å²) in [6.45, 7) is 2.63. The Morgan fingerprint density at radius 2 is 2.04 bits per heavy atom. The number of carbonyl (C=O) groups is 2. The SMILES string of the molecule is [2H]C1([2H])C[C@]2(C)C3C(=O)C[C@@]4(C)C(CC[C@]4(O)C(=O)CO)C3CC[C@@H]2C([2H])([2H])[C@]1([2H])O. The van der Waals surface area contributed by atoms with E-state index in [9.17, 15) is 24.9 Å². The van der Waals surface area contributed by atoms with Crippen molar-refractivity contribution >= 4 is 11.6 Å². The highest BCUT2D eigenvalue weighted by Crippen LogP contribution is 2.67. The number of hydrogen-bond acceptors (Lipinski definition) is 5. The Kier molecular flexibility index (Phi) is 3.02. The fraction of sp³-hybridized carbons (Fsp3) is 0.905. The molecule has 146 valence electrons. The van der Waals surface area contributed by atoms with Gasteiger partial charge in [0.15, 0.2) is 5.78 Å². The molecule has 5 heteroatoms. The van der Waals surface area contributed by atoms with E-state index in [1.54, 1.807) is 13.8 Å². The van der Waals surface area contributed by atoms with Gasteiger partial charge in [0.2, 0.25) is 0 Å². The van der Waals surface area contributed by atoms with Gasteiger partial charge in [-0.05, 0) is 68.0 Å². The van der Waals surface area contributed by atoms with Crippen LogP contribution in [0.2, 0.25) is 0 Å². The van der Waals surface area contributed by atoms with Crippen molar-refractivity contribution < 1.29 is 31.8 Å². The normalized spacial score (nSPS) is 63.1. The number of fused-ring (bicyclic) bond motifs is 5. The molecule has 0 aliphatic heterocycles. The van der Waals surface area contributed by atoms with Gasteiger partial charge in [0.1, 0.15) is 18.0 Å². The van der Waals surface area contributed by atoms with Crippen LogP contribution in [-0.4, -0.2) is 45.2 Å². The van der Waals surface area contributed by atoms with E-state index in [1.165, 1.54) is 0 Å². The molecule has 4 saturated carbocycles. The molecule has 4 fully saturated rings. The van der Waals surface area contributed by atoms with Crippen LogP contribution in [0.4, 0.5) is 0 Å². The summed E-state index contributed by atoms with van der Waals surface area (Å²) in [4.78, 5) is 26.0. The summed E-state index contributed by atoms with van der Waals surface area (Å²) < 4.78 is 41.7. The van der Waals surface area contributed by atoms with E-state index >= 15 is 0 Å². The van der Waals surface area contributed by atoms with Gasteiger partial charge >= 0.3 is 0 Å². The molecule has 0 aromatic heterocycles. The third kappa shape index (κ3) is 2.20. The molecule has 3 unspecified atom stereocenters. The Morgan fingerprint density at radius 3 is 2.73 bits per heavy atom. The summed E-state index contributed by atoms with van der Waals surface area (Å²) >= 11 is 0. The minimum absolute atomic E-state index is 0.0967. The first-order valence-corrected chi connectivity index (χ1v) is 9.63. The molecule has 26 heavy (non-hydrogen) atoms. The standard InChI is InChI=1S/C21H32O5/c1-19-7-5-13(23)9-12(19)3-4-14-15-6-8-21(26,17(25)11-22)20(15,2)10-16(24)18(14)19/h12-15,18,22-23,26H,3-11H2,1-2H3/t12-,13-,14?,15?,18?,19+,20+,21+/m1/s1/i5D2,9D2,13D. The second kappa shape index (κ2) is 5.86. The zero-order valence-corrected chi connectivity index (χ0v) is 15.4. The molecule has 0 aromatic carbocycles. The zero-order chi connectivity index (χ0) is 23.4. The number of carbonyl (C=O) groups excluding carboxylic acids is 2. The summed E-state index contributed by atoms with van der Waals surface area (Å²) in [5.74, 6) is -2.90. The van der Waals surface area contributed by atoms with Crippen molar-refractivity contribution in [2.24, 2.45) is 34.5 Å². The molecule has 4 rings (SSSR count). The maximum atomic E-state index is 13.6. The molecule has 4 aliphatic rings. The van der Waals surface area contributed by atoms with Gasteiger partial charge in [-0.25, -0.2) is 0 Å². The quantitative estimate of drug-likeness (QED) is 0.691. The summed E-state index contributed by atoms with van der Waals surface area (Å²) in [7, 11) is 0. The summed E-state index contributed by atoms with van der Waals surface area (Å²) in [6, 6.07) is 0. The number of hydrogen-bond donors (Lipinski definition) is 3. The van der Waals surface area contributed by atoms with E-state index < -0.39 is 59.5 Å². The van der Waals surface area contributed by atoms with Crippen LogP contribution in [0.5, 0.6) is 0 Å². The Labute approximate surface area is 162 Å². The molecule has 0 bridgehead atoms. The van der Waals surface area contributed by atoms with Crippen LogP contribution in [0.15, 0.2) is 0 Å². The number of Topliss-reactive ketones (excluding diaryl/α,β-unsaturated/α-hetero) is 2. The molecule has 3 N–H and O–H groups in total. The Balaban J connectivity index is 1.78. The Hall–Kier alpha value is -0.780. The average Bonchev–Trinajstić information content (AvgIpc) is 2.90. The molecule has 0 aromatic rings. The molecule has 0 amide bonds. The van der Waals surface area contributed by atoms with Gasteiger partial charge in [-0.3, -0.25) is 9.59 Å². The second-order valence-electron chi connectivity index (χ2n) is 9.27. The van der Waals surface area contributed by atoms with Crippen LogP contribution in [0.3, 0.4) is 0 Å². The van der Waals surface area contributed by atoms with Gasteiger partial charge in [0.25, 0.3) is 0 Å². The van der Waals surface area contributed by atoms with Crippen LogP contribution >= 0.6 is 0 Å². The smallest absolute Gasteiger partial charge is 0.190 e. The van der Waals surface area contributed by atoms with Gasteiger partial charge in [-0.2, -0.15) is 0 Å². The maximum Gasteiger partial charge on any atom is 0.190 e. The number of ketones is 2. The Bertz CT molecular complexity index is 831. The number of aliphatic hydroxyl groups excluding tert-OH is 1. The predicted octanol–water partition coefficient (Wildman–Crippen LogP) is 1.86. The largest absolute Gasteiger partial charge is 0.393 e. The number of aliphatic hydroxyl groups is 3. The fourth-order valence-electron chi connectivity index (χ4n) is 6.86. The highest BCUT2D eigenvalue weighted by Gasteiger charge is 2.68. The van der Waals surface area contributed by atoms with Crippen molar-refractivity contribution in [2.75, 3.05) is 6.61 Å². The van der Waals surface area contributed by atoms with Crippen molar-refractivity contribution in [3.05, 3.63) is 0 Å². The third-order valence-corrected chi connectivity index (χ3v) is 8.26. The predicted molar refractivity (Wildman–Crippen MR) is 95.2 cm³/mol. The molecule has 0 radical (unpaired) electrons. The zero-order valence-electron chi connectivity index (χ0n) is 20.4. The van der Waals surface area contributed by atoms with Crippen molar-refractivity contribution in [1.29, 1.82) is 0 Å². The first-order chi connectivity index (χ1) is 14.0. The minimum Gasteiger partial charge on any atom is -0.393 e. The van der Waals surface area contributed by atoms with Gasteiger partial charge < -0.3 is 15.3 Å². The second-order valence-corrected chi connectivity index (χ2v) is 9.27. The van der Waals surface area contributed by atoms with Crippen molar-refractivity contribution in [1.82, 2.24) is 0 Å². The summed E-state index contributed by atoms with van der Waals surface area (Å²) in [5.41, 5.74) is -3.91. The van der Waals surface area contributed by atoms with E-state index in [0.717, 1.165) is 0 Å². The van der Waals surface area contributed by atoms with Gasteiger partial charge in [-0.15, -0.1) is 0 Å². The summed E-state index contributed by atoms with van der Waals surface area (Å²) in [5, 5.41) is 31.1. The van der Waals surface area contributed by atoms with Crippen LogP contribution in [-0.2, 0) is 9.59 Å². The lowest BCUT2D eigenvalue weighted by Gasteiger charge is -2.60. The molecule has 4 aliphatic carbocycles. The van der Waals surface area contributed by atoms with Crippen molar-refractivity contribution in [2.45, 2.75) is 76.8 Å². The van der Waals surface area contributed by atoms with E-state index in [1.807, 2.05) is 0 Å². The van der Waals surface area contributed by atoms with Gasteiger partial charge in [0, 0.05) is 23.2 Å². The fourth-order valence-corrected chi connectivity index (χ4v) is 6.86. The highest BCUT2D eigenvalue weighted by atomic mass is 16.3. The monoisotopic (exact) mass is 369 g/mol. The minimum atomic E-state index is -2.93. The van der Waals surface area contributed by atoms with Gasteiger partial charge in [-0.1, -0.05) is 13.8 Å². The van der Waals surface area contributed by atoms with E-state index in [0.29, 0.717) is 12.8 Å².